The SMILES string of the molecule is O=c1[nH]nc2n1[C@@H](c1ccc(F)cc1)CC2. The molecule has 1 aliphatic rings. The third kappa shape index (κ3) is 1.28. The average molecular weight is 219 g/mol. The van der Waals surface area contributed by atoms with Crippen molar-refractivity contribution in [2.45, 2.75) is 18.9 Å². The number of halogens is 1. The first kappa shape index (κ1) is 9.33. The van der Waals surface area contributed by atoms with E-state index in [2.05, 4.69) is 10.2 Å². The molecule has 0 unspecified atom stereocenters. The van der Waals surface area contributed by atoms with Gasteiger partial charge in [-0.3, -0.25) is 4.57 Å². The van der Waals surface area contributed by atoms with Crippen LogP contribution in [-0.2, 0) is 6.42 Å². The second-order valence-electron chi connectivity index (χ2n) is 3.92. The monoisotopic (exact) mass is 219 g/mol. The van der Waals surface area contributed by atoms with E-state index in [0.29, 0.717) is 0 Å². The molecule has 1 aromatic carbocycles. The molecule has 5 heteroatoms. The van der Waals surface area contributed by atoms with Gasteiger partial charge in [-0.15, -0.1) is 0 Å². The topological polar surface area (TPSA) is 50.7 Å². The van der Waals surface area contributed by atoms with Crippen LogP contribution in [0.25, 0.3) is 0 Å². The molecule has 0 fully saturated rings. The van der Waals surface area contributed by atoms with Crippen molar-refractivity contribution in [2.24, 2.45) is 0 Å². The van der Waals surface area contributed by atoms with Gasteiger partial charge in [0.05, 0.1) is 6.04 Å². The molecule has 1 atom stereocenters. The zero-order valence-electron chi connectivity index (χ0n) is 8.48. The summed E-state index contributed by atoms with van der Waals surface area (Å²) in [5, 5.41) is 6.37. The van der Waals surface area contributed by atoms with E-state index in [9.17, 15) is 9.18 Å². The molecular formula is C11H10FN3O. The Kier molecular flexibility index (Phi) is 1.92. The van der Waals surface area contributed by atoms with Gasteiger partial charge < -0.3 is 0 Å². The minimum absolute atomic E-state index is 0.0122. The molecule has 0 bridgehead atoms. The molecule has 0 saturated carbocycles. The molecule has 0 radical (unpaired) electrons. The molecule has 1 aromatic heterocycles. The third-order valence-corrected chi connectivity index (χ3v) is 2.99. The van der Waals surface area contributed by atoms with Crippen LogP contribution in [0.1, 0.15) is 23.9 Å². The van der Waals surface area contributed by atoms with E-state index in [-0.39, 0.29) is 17.5 Å². The van der Waals surface area contributed by atoms with Crippen molar-refractivity contribution in [1.29, 1.82) is 0 Å². The number of aryl methyl sites for hydroxylation is 1. The molecule has 2 aromatic rings. The van der Waals surface area contributed by atoms with Crippen LogP contribution in [0.3, 0.4) is 0 Å². The maximum Gasteiger partial charge on any atom is 0.343 e. The molecule has 4 nitrogen and oxygen atoms in total. The molecule has 16 heavy (non-hydrogen) atoms. The van der Waals surface area contributed by atoms with Gasteiger partial charge >= 0.3 is 5.69 Å². The highest BCUT2D eigenvalue weighted by atomic mass is 19.1. The van der Waals surface area contributed by atoms with E-state index in [1.807, 2.05) is 0 Å². The zero-order chi connectivity index (χ0) is 11.1. The quantitative estimate of drug-likeness (QED) is 0.784. The second kappa shape index (κ2) is 3.30. The van der Waals surface area contributed by atoms with E-state index < -0.39 is 0 Å². The van der Waals surface area contributed by atoms with Crippen LogP contribution in [-0.4, -0.2) is 14.8 Å². The predicted octanol–water partition coefficient (Wildman–Crippen LogP) is 1.25. The first-order valence-corrected chi connectivity index (χ1v) is 5.17. The molecule has 1 N–H and O–H groups in total. The number of aromatic amines is 1. The van der Waals surface area contributed by atoms with Gasteiger partial charge in [-0.1, -0.05) is 12.1 Å². The Morgan fingerprint density at radius 2 is 2.12 bits per heavy atom. The Morgan fingerprint density at radius 1 is 1.38 bits per heavy atom. The van der Waals surface area contributed by atoms with Crippen LogP contribution in [0.4, 0.5) is 4.39 Å². The molecule has 0 saturated heterocycles. The van der Waals surface area contributed by atoms with Gasteiger partial charge in [0, 0.05) is 6.42 Å². The fraction of sp³-hybridized carbons (Fsp3) is 0.273. The summed E-state index contributed by atoms with van der Waals surface area (Å²) < 4.78 is 14.4. The van der Waals surface area contributed by atoms with Crippen molar-refractivity contribution in [3.8, 4) is 0 Å². The summed E-state index contributed by atoms with van der Waals surface area (Å²) in [4.78, 5) is 11.5. The number of hydrogen-bond acceptors (Lipinski definition) is 2. The normalized spacial score (nSPS) is 18.7. The van der Waals surface area contributed by atoms with Gasteiger partial charge in [0.15, 0.2) is 0 Å². The first-order chi connectivity index (χ1) is 7.75. The lowest BCUT2D eigenvalue weighted by Crippen LogP contribution is -2.20. The summed E-state index contributed by atoms with van der Waals surface area (Å²) in [7, 11) is 0. The smallest absolute Gasteiger partial charge is 0.271 e. The van der Waals surface area contributed by atoms with Gasteiger partial charge in [0.2, 0.25) is 0 Å². The second-order valence-corrected chi connectivity index (χ2v) is 3.92. The molecule has 0 spiro atoms. The Hall–Kier alpha value is -1.91. The van der Waals surface area contributed by atoms with E-state index in [1.54, 1.807) is 16.7 Å². The standard InChI is InChI=1S/C11H10FN3O/c12-8-3-1-7(2-4-8)9-5-6-10-13-14-11(16)15(9)10/h1-4,9H,5-6H2,(H,14,16)/t9-/m1/s1. The van der Waals surface area contributed by atoms with Crippen LogP contribution in [0.5, 0.6) is 0 Å². The Morgan fingerprint density at radius 3 is 2.88 bits per heavy atom. The van der Waals surface area contributed by atoms with E-state index in [4.69, 9.17) is 0 Å². The van der Waals surface area contributed by atoms with E-state index in [1.165, 1.54) is 12.1 Å². The lowest BCUT2D eigenvalue weighted by atomic mass is 10.1. The Labute approximate surface area is 90.7 Å². The van der Waals surface area contributed by atoms with Crippen LogP contribution in [0, 0.1) is 5.82 Å². The lowest BCUT2D eigenvalue weighted by Gasteiger charge is -2.11. The number of benzene rings is 1. The highest BCUT2D eigenvalue weighted by molar-refractivity contribution is 5.23. The Balaban J connectivity index is 2.07. The molecule has 2 heterocycles. The molecule has 0 amide bonds. The van der Waals surface area contributed by atoms with Crippen molar-refractivity contribution in [3.05, 3.63) is 52.0 Å². The minimum Gasteiger partial charge on any atom is -0.271 e. The van der Waals surface area contributed by atoms with Crippen LogP contribution < -0.4 is 5.69 Å². The highest BCUT2D eigenvalue weighted by Gasteiger charge is 2.26. The zero-order valence-corrected chi connectivity index (χ0v) is 8.48. The van der Waals surface area contributed by atoms with Gasteiger partial charge in [0.25, 0.3) is 0 Å². The molecule has 0 aliphatic carbocycles. The van der Waals surface area contributed by atoms with Gasteiger partial charge in [-0.2, -0.15) is 5.10 Å². The molecule has 3 rings (SSSR count). The summed E-state index contributed by atoms with van der Waals surface area (Å²) in [5.74, 6) is 0.515. The van der Waals surface area contributed by atoms with Gasteiger partial charge in [-0.05, 0) is 24.1 Å². The predicted molar refractivity (Wildman–Crippen MR) is 55.7 cm³/mol. The fourth-order valence-corrected chi connectivity index (χ4v) is 2.23. The average Bonchev–Trinajstić information content (AvgIpc) is 2.84. The number of rotatable bonds is 1. The fourth-order valence-electron chi connectivity index (χ4n) is 2.23. The third-order valence-electron chi connectivity index (χ3n) is 2.99. The number of hydrogen-bond donors (Lipinski definition) is 1. The Bertz CT molecular complexity index is 570. The molecule has 82 valence electrons. The summed E-state index contributed by atoms with van der Waals surface area (Å²) in [6.07, 6.45) is 1.62. The number of aromatic nitrogens is 3. The molecular weight excluding hydrogens is 209 g/mol. The van der Waals surface area contributed by atoms with Crippen molar-refractivity contribution < 1.29 is 4.39 Å². The number of H-pyrrole nitrogens is 1. The number of fused-ring (bicyclic) bond motifs is 1. The minimum atomic E-state index is -0.262. The summed E-state index contributed by atoms with van der Waals surface area (Å²) in [5.41, 5.74) is 0.755. The lowest BCUT2D eigenvalue weighted by molar-refractivity contribution is 0.591. The van der Waals surface area contributed by atoms with E-state index in [0.717, 1.165) is 24.2 Å². The maximum absolute atomic E-state index is 12.8. The summed E-state index contributed by atoms with van der Waals surface area (Å²) in [6, 6.07) is 6.25. The number of nitrogens with zero attached hydrogens (tertiary/aromatic N) is 2. The van der Waals surface area contributed by atoms with Gasteiger partial charge in [0.1, 0.15) is 11.6 Å². The van der Waals surface area contributed by atoms with Crippen LogP contribution >= 0.6 is 0 Å². The number of nitrogens with one attached hydrogen (secondary N) is 1. The van der Waals surface area contributed by atoms with E-state index >= 15 is 0 Å². The van der Waals surface area contributed by atoms with Crippen LogP contribution in [0.2, 0.25) is 0 Å². The largest absolute Gasteiger partial charge is 0.343 e. The van der Waals surface area contributed by atoms with Gasteiger partial charge in [-0.25, -0.2) is 14.3 Å². The molecule has 1 aliphatic heterocycles. The first-order valence-electron chi connectivity index (χ1n) is 5.17. The van der Waals surface area contributed by atoms with Crippen molar-refractivity contribution in [1.82, 2.24) is 14.8 Å². The van der Waals surface area contributed by atoms with Crippen molar-refractivity contribution >= 4 is 0 Å². The highest BCUT2D eigenvalue weighted by Crippen LogP contribution is 2.28. The summed E-state index contributed by atoms with van der Waals surface area (Å²) in [6.45, 7) is 0. The summed E-state index contributed by atoms with van der Waals surface area (Å²) >= 11 is 0. The van der Waals surface area contributed by atoms with Crippen LogP contribution in [0.15, 0.2) is 29.1 Å². The van der Waals surface area contributed by atoms with Crippen molar-refractivity contribution in [2.75, 3.05) is 0 Å². The maximum atomic E-state index is 12.8. The van der Waals surface area contributed by atoms with Crippen molar-refractivity contribution in [3.63, 3.8) is 0 Å².